The number of hydrogen-bond acceptors (Lipinski definition) is 1. The van der Waals surface area contributed by atoms with Gasteiger partial charge in [0.15, 0.2) is 0 Å². The SMILES string of the molecule is c1ccc(-c2cccc(N(c3ccc(-c4cc5ccccc5c5ccccc45)cc3)c3ccccc3-c3ccccc3-n3c4ccccc4c4c5ccccc5ccc43)c2)cc1. The van der Waals surface area contributed by atoms with E-state index in [1.54, 1.807) is 0 Å². The van der Waals surface area contributed by atoms with E-state index >= 15 is 0 Å². The summed E-state index contributed by atoms with van der Waals surface area (Å²) in [6, 6.07) is 88.5. The minimum absolute atomic E-state index is 1.08. The van der Waals surface area contributed by atoms with Crippen LogP contribution in [0.4, 0.5) is 17.1 Å². The topological polar surface area (TPSA) is 8.17 Å². The molecule has 0 aliphatic rings. The maximum atomic E-state index is 2.46. The second kappa shape index (κ2) is 14.8. The lowest BCUT2D eigenvalue weighted by molar-refractivity contribution is 1.18. The van der Waals surface area contributed by atoms with Crippen molar-refractivity contribution in [3.05, 3.63) is 243 Å². The number of para-hydroxylation sites is 3. The Bertz CT molecular complexity index is 3640. The molecule has 0 unspecified atom stereocenters. The van der Waals surface area contributed by atoms with E-state index in [0.29, 0.717) is 0 Å². The summed E-state index contributed by atoms with van der Waals surface area (Å²) in [4.78, 5) is 2.43. The largest absolute Gasteiger partial charge is 0.310 e. The molecule has 2 heteroatoms. The van der Waals surface area contributed by atoms with E-state index in [1.165, 1.54) is 76.4 Å². The van der Waals surface area contributed by atoms with Gasteiger partial charge in [-0.25, -0.2) is 0 Å². The van der Waals surface area contributed by atoms with Crippen molar-refractivity contribution in [3.8, 4) is 39.1 Å². The van der Waals surface area contributed by atoms with Crippen molar-refractivity contribution in [1.29, 1.82) is 0 Å². The van der Waals surface area contributed by atoms with Gasteiger partial charge in [0, 0.05) is 33.3 Å². The Morgan fingerprint density at radius 3 is 1.76 bits per heavy atom. The predicted octanol–water partition coefficient (Wildman–Crippen LogP) is 16.7. The predicted molar refractivity (Wildman–Crippen MR) is 264 cm³/mol. The van der Waals surface area contributed by atoms with Gasteiger partial charge in [0.05, 0.1) is 22.4 Å². The molecule has 0 radical (unpaired) electrons. The highest BCUT2D eigenvalue weighted by atomic mass is 15.1. The maximum absolute atomic E-state index is 2.46. The van der Waals surface area contributed by atoms with E-state index in [9.17, 15) is 0 Å². The van der Waals surface area contributed by atoms with Gasteiger partial charge in [-0.2, -0.15) is 0 Å². The zero-order chi connectivity index (χ0) is 41.0. The van der Waals surface area contributed by atoms with Crippen molar-refractivity contribution >= 4 is 71.2 Å². The first kappa shape index (κ1) is 35.7. The van der Waals surface area contributed by atoms with Crippen molar-refractivity contribution in [2.75, 3.05) is 4.90 Å². The van der Waals surface area contributed by atoms with Crippen LogP contribution in [0.5, 0.6) is 0 Å². The van der Waals surface area contributed by atoms with Crippen LogP contribution in [0.15, 0.2) is 243 Å². The summed E-state index contributed by atoms with van der Waals surface area (Å²) >= 11 is 0. The van der Waals surface area contributed by atoms with Crippen molar-refractivity contribution in [2.24, 2.45) is 0 Å². The zero-order valence-corrected chi connectivity index (χ0v) is 34.0. The van der Waals surface area contributed by atoms with Crippen LogP contribution < -0.4 is 4.90 Å². The number of benzene rings is 11. The summed E-state index contributed by atoms with van der Waals surface area (Å²) in [5.41, 5.74) is 13.9. The van der Waals surface area contributed by atoms with Crippen molar-refractivity contribution in [3.63, 3.8) is 0 Å². The Morgan fingerprint density at radius 2 is 0.919 bits per heavy atom. The molecule has 0 bridgehead atoms. The van der Waals surface area contributed by atoms with E-state index < -0.39 is 0 Å². The summed E-state index contributed by atoms with van der Waals surface area (Å²) in [7, 11) is 0. The molecule has 0 atom stereocenters. The van der Waals surface area contributed by atoms with Crippen LogP contribution in [0.2, 0.25) is 0 Å². The lowest BCUT2D eigenvalue weighted by atomic mass is 9.93. The highest BCUT2D eigenvalue weighted by Crippen LogP contribution is 2.46. The Morgan fingerprint density at radius 1 is 0.290 bits per heavy atom. The van der Waals surface area contributed by atoms with Crippen LogP contribution >= 0.6 is 0 Å². The first-order valence-corrected chi connectivity index (χ1v) is 21.3. The Hall–Kier alpha value is -8.20. The van der Waals surface area contributed by atoms with Gasteiger partial charge in [0.25, 0.3) is 0 Å². The third kappa shape index (κ3) is 5.88. The molecule has 2 nitrogen and oxygen atoms in total. The molecule has 62 heavy (non-hydrogen) atoms. The average Bonchev–Trinajstić information content (AvgIpc) is 3.69. The molecule has 290 valence electrons. The molecule has 0 amide bonds. The minimum Gasteiger partial charge on any atom is -0.310 e. The van der Waals surface area contributed by atoms with Gasteiger partial charge < -0.3 is 9.47 Å². The number of hydrogen-bond donors (Lipinski definition) is 0. The molecule has 0 spiro atoms. The van der Waals surface area contributed by atoms with Gasteiger partial charge >= 0.3 is 0 Å². The van der Waals surface area contributed by atoms with E-state index in [0.717, 1.165) is 33.9 Å². The fourth-order valence-corrected chi connectivity index (χ4v) is 9.76. The van der Waals surface area contributed by atoms with Gasteiger partial charge in [-0.1, -0.05) is 188 Å². The monoisotopic (exact) mass is 788 g/mol. The molecule has 12 aromatic rings. The highest BCUT2D eigenvalue weighted by molar-refractivity contribution is 6.21. The Kier molecular flexibility index (Phi) is 8.53. The lowest BCUT2D eigenvalue weighted by Crippen LogP contribution is -2.11. The first-order valence-electron chi connectivity index (χ1n) is 21.3. The molecule has 1 heterocycles. The fourth-order valence-electron chi connectivity index (χ4n) is 9.76. The van der Waals surface area contributed by atoms with Crippen molar-refractivity contribution < 1.29 is 0 Å². The smallest absolute Gasteiger partial charge is 0.0547 e. The van der Waals surface area contributed by atoms with Gasteiger partial charge in [0.1, 0.15) is 0 Å². The van der Waals surface area contributed by atoms with E-state index in [2.05, 4.69) is 252 Å². The molecular formula is C60H40N2. The minimum atomic E-state index is 1.08. The Labute approximate surface area is 360 Å². The van der Waals surface area contributed by atoms with E-state index in [1.807, 2.05) is 0 Å². The molecule has 1 aromatic heterocycles. The highest BCUT2D eigenvalue weighted by Gasteiger charge is 2.22. The normalized spacial score (nSPS) is 11.5. The molecule has 0 N–H and O–H groups in total. The molecule has 0 fully saturated rings. The van der Waals surface area contributed by atoms with Crippen LogP contribution in [0, 0.1) is 0 Å². The average molecular weight is 789 g/mol. The van der Waals surface area contributed by atoms with Crippen LogP contribution in [0.25, 0.3) is 93.2 Å². The van der Waals surface area contributed by atoms with Gasteiger partial charge in [0.2, 0.25) is 0 Å². The van der Waals surface area contributed by atoms with E-state index in [4.69, 9.17) is 0 Å². The number of anilines is 3. The number of fused-ring (bicyclic) bond motifs is 8. The third-order valence-electron chi connectivity index (χ3n) is 12.6. The maximum Gasteiger partial charge on any atom is 0.0547 e. The molecule has 0 saturated carbocycles. The van der Waals surface area contributed by atoms with E-state index in [-0.39, 0.29) is 0 Å². The number of nitrogens with zero attached hydrogens (tertiary/aromatic N) is 2. The zero-order valence-electron chi connectivity index (χ0n) is 34.0. The summed E-state index contributed by atoms with van der Waals surface area (Å²) < 4.78 is 2.46. The molecule has 11 aromatic carbocycles. The van der Waals surface area contributed by atoms with Crippen LogP contribution in [-0.2, 0) is 0 Å². The molecule has 0 aliphatic heterocycles. The molecule has 12 rings (SSSR count). The molecule has 0 saturated heterocycles. The number of aromatic nitrogens is 1. The van der Waals surface area contributed by atoms with Gasteiger partial charge in [-0.05, 0) is 109 Å². The van der Waals surface area contributed by atoms with Crippen LogP contribution in [0.3, 0.4) is 0 Å². The van der Waals surface area contributed by atoms with Crippen molar-refractivity contribution in [2.45, 2.75) is 0 Å². The second-order valence-electron chi connectivity index (χ2n) is 16.1. The van der Waals surface area contributed by atoms with Crippen molar-refractivity contribution in [1.82, 2.24) is 4.57 Å². The van der Waals surface area contributed by atoms with Gasteiger partial charge in [-0.3, -0.25) is 0 Å². The molecular weight excluding hydrogens is 749 g/mol. The van der Waals surface area contributed by atoms with Crippen LogP contribution in [0.1, 0.15) is 0 Å². The fraction of sp³-hybridized carbons (Fsp3) is 0. The second-order valence-corrected chi connectivity index (χ2v) is 16.1. The summed E-state index contributed by atoms with van der Waals surface area (Å²) in [5, 5.41) is 10.1. The summed E-state index contributed by atoms with van der Waals surface area (Å²) in [5.74, 6) is 0. The van der Waals surface area contributed by atoms with Crippen LogP contribution in [-0.4, -0.2) is 4.57 Å². The number of rotatable bonds is 7. The van der Waals surface area contributed by atoms with Gasteiger partial charge in [-0.15, -0.1) is 0 Å². The lowest BCUT2D eigenvalue weighted by Gasteiger charge is -2.29. The third-order valence-corrected chi connectivity index (χ3v) is 12.6. The quantitative estimate of drug-likeness (QED) is 0.146. The standard InChI is InChI=1S/C60H40N2/c1-2-17-41(18-3-1)44-21-16-22-47(39-44)61(46-36-33-43(34-37-46)55-40-45-20-5-6-23-48(45)50-25-8-9-26-51(50)55)56-30-13-10-27-52(56)53-28-11-14-31-57(53)62-58-32-15-12-29-54(58)60-49-24-7-4-19-42(49)35-38-59(60)62/h1-40H. The summed E-state index contributed by atoms with van der Waals surface area (Å²) in [6.07, 6.45) is 0. The first-order chi connectivity index (χ1) is 30.8. The molecule has 0 aliphatic carbocycles. The Balaban J connectivity index is 1.06. The summed E-state index contributed by atoms with van der Waals surface area (Å²) in [6.45, 7) is 0.